The van der Waals surface area contributed by atoms with Crippen molar-refractivity contribution in [2.75, 3.05) is 18.4 Å². The number of sulfonamides is 1. The number of benzene rings is 1. The van der Waals surface area contributed by atoms with Gasteiger partial charge in [0, 0.05) is 35.8 Å². The summed E-state index contributed by atoms with van der Waals surface area (Å²) in [6, 6.07) is 9.53. The topological polar surface area (TPSA) is 106 Å². The first-order valence-corrected chi connectivity index (χ1v) is 13.4. The molecule has 4 heterocycles. The van der Waals surface area contributed by atoms with Crippen molar-refractivity contribution in [3.05, 3.63) is 57.5 Å². The van der Waals surface area contributed by atoms with Gasteiger partial charge in [-0.1, -0.05) is 35.0 Å². The molecule has 5 rings (SSSR count). The summed E-state index contributed by atoms with van der Waals surface area (Å²) in [7, 11) is -3.65. The van der Waals surface area contributed by atoms with E-state index in [4.69, 9.17) is 21.1 Å². The van der Waals surface area contributed by atoms with E-state index in [1.165, 1.54) is 4.31 Å². The Morgan fingerprint density at radius 2 is 1.94 bits per heavy atom. The third-order valence-corrected chi connectivity index (χ3v) is 8.98. The molecule has 178 valence electrons. The van der Waals surface area contributed by atoms with Crippen molar-refractivity contribution in [1.82, 2.24) is 24.1 Å². The van der Waals surface area contributed by atoms with E-state index in [9.17, 15) is 8.42 Å². The van der Waals surface area contributed by atoms with Gasteiger partial charge in [-0.25, -0.2) is 13.4 Å². The summed E-state index contributed by atoms with van der Waals surface area (Å²) < 4.78 is 35.3. The van der Waals surface area contributed by atoms with Gasteiger partial charge in [-0.3, -0.25) is 0 Å². The molecular formula is C22H22BrClN6O3S. The van der Waals surface area contributed by atoms with Gasteiger partial charge in [-0.2, -0.15) is 13.9 Å². The zero-order valence-corrected chi connectivity index (χ0v) is 21.7. The van der Waals surface area contributed by atoms with Crippen LogP contribution in [0.2, 0.25) is 5.02 Å². The van der Waals surface area contributed by atoms with E-state index >= 15 is 0 Å². The molecule has 1 saturated heterocycles. The number of fused-ring (bicyclic) bond motifs is 1. The third kappa shape index (κ3) is 4.10. The molecule has 1 fully saturated rings. The van der Waals surface area contributed by atoms with E-state index in [1.807, 2.05) is 30.3 Å². The Kier molecular flexibility index (Phi) is 6.13. The van der Waals surface area contributed by atoms with Crippen LogP contribution in [0.3, 0.4) is 0 Å². The first-order chi connectivity index (χ1) is 16.3. The first kappa shape index (κ1) is 23.3. The molecule has 1 N–H and O–H groups in total. The smallest absolute Gasteiger partial charge is 0.248 e. The van der Waals surface area contributed by atoms with Crippen molar-refractivity contribution >= 4 is 49.0 Å². The van der Waals surface area contributed by atoms with Crippen molar-refractivity contribution < 1.29 is 12.9 Å². The van der Waals surface area contributed by atoms with Crippen molar-refractivity contribution in [2.45, 2.75) is 37.6 Å². The van der Waals surface area contributed by atoms with Gasteiger partial charge in [-0.15, -0.1) is 0 Å². The van der Waals surface area contributed by atoms with E-state index in [2.05, 4.69) is 31.5 Å². The minimum Gasteiger partial charge on any atom is -0.367 e. The molecule has 0 spiro atoms. The first-order valence-electron chi connectivity index (χ1n) is 10.7. The van der Waals surface area contributed by atoms with Crippen LogP contribution in [0.1, 0.15) is 24.3 Å². The zero-order valence-electron chi connectivity index (χ0n) is 18.5. The average molecular weight is 566 g/mol. The molecule has 34 heavy (non-hydrogen) atoms. The minimum absolute atomic E-state index is 0.0591. The van der Waals surface area contributed by atoms with Gasteiger partial charge in [0.25, 0.3) is 0 Å². The Labute approximate surface area is 210 Å². The second-order valence-corrected chi connectivity index (χ2v) is 11.3. The lowest BCUT2D eigenvalue weighted by atomic mass is 10.1. The molecule has 1 aliphatic heterocycles. The van der Waals surface area contributed by atoms with Gasteiger partial charge in [0.05, 0.1) is 16.4 Å². The van der Waals surface area contributed by atoms with Gasteiger partial charge in [-0.05, 0) is 48.7 Å². The molecule has 1 aliphatic rings. The van der Waals surface area contributed by atoms with Crippen LogP contribution < -0.4 is 5.32 Å². The second-order valence-electron chi connectivity index (χ2n) is 8.21. The summed E-state index contributed by atoms with van der Waals surface area (Å²) in [5.74, 6) is 1.07. The molecule has 1 aromatic carbocycles. The predicted octanol–water partition coefficient (Wildman–Crippen LogP) is 4.68. The predicted molar refractivity (Wildman–Crippen MR) is 133 cm³/mol. The van der Waals surface area contributed by atoms with Crippen LogP contribution in [0.4, 0.5) is 5.82 Å². The van der Waals surface area contributed by atoms with Gasteiger partial charge < -0.3 is 9.84 Å². The normalized spacial score (nSPS) is 15.8. The maximum atomic E-state index is 13.1. The minimum atomic E-state index is -3.65. The highest BCUT2D eigenvalue weighted by atomic mass is 79.9. The van der Waals surface area contributed by atoms with Crippen molar-refractivity contribution in [2.24, 2.45) is 0 Å². The molecule has 0 saturated carbocycles. The lowest BCUT2D eigenvalue weighted by molar-refractivity contribution is 0.328. The number of hydrogen-bond donors (Lipinski definition) is 1. The van der Waals surface area contributed by atoms with Crippen LogP contribution in [0.15, 0.2) is 50.4 Å². The largest absolute Gasteiger partial charge is 0.367 e. The fourth-order valence-electron chi connectivity index (χ4n) is 4.27. The van der Waals surface area contributed by atoms with Gasteiger partial charge >= 0.3 is 0 Å². The van der Waals surface area contributed by atoms with Crippen molar-refractivity contribution in [3.8, 4) is 11.3 Å². The van der Waals surface area contributed by atoms with Crippen LogP contribution >= 0.6 is 27.5 Å². The summed E-state index contributed by atoms with van der Waals surface area (Å²) in [5, 5.41) is 12.4. The standard InChI is InChI=1S/C22H22BrClN6O3S/c1-13-21(14(2)33-28-13)34(31,32)29-9-7-15(8-10-29)26-20-11-19(16-5-3-4-6-18(16)24)27-22-17(23)12-25-30(20)22/h3-6,11-12,15,26H,7-10H2,1-2H3. The summed E-state index contributed by atoms with van der Waals surface area (Å²) in [6.07, 6.45) is 2.97. The highest BCUT2D eigenvalue weighted by Gasteiger charge is 2.34. The molecule has 0 atom stereocenters. The summed E-state index contributed by atoms with van der Waals surface area (Å²) in [5.41, 5.74) is 2.59. The van der Waals surface area contributed by atoms with E-state index in [1.54, 1.807) is 24.6 Å². The Hall–Kier alpha value is -2.47. The van der Waals surface area contributed by atoms with E-state index < -0.39 is 10.0 Å². The van der Waals surface area contributed by atoms with Gasteiger partial charge in [0.1, 0.15) is 16.4 Å². The second kappa shape index (κ2) is 8.95. The summed E-state index contributed by atoms with van der Waals surface area (Å²) >= 11 is 9.94. The van der Waals surface area contributed by atoms with Crippen LogP contribution in [-0.4, -0.2) is 51.6 Å². The quantitative estimate of drug-likeness (QED) is 0.374. The Bertz CT molecular complexity index is 1460. The maximum absolute atomic E-state index is 13.1. The lowest BCUT2D eigenvalue weighted by Crippen LogP contribution is -2.42. The number of anilines is 1. The van der Waals surface area contributed by atoms with E-state index in [-0.39, 0.29) is 10.9 Å². The molecule has 9 nitrogen and oxygen atoms in total. The number of piperidine rings is 1. The molecule has 0 radical (unpaired) electrons. The van der Waals surface area contributed by atoms with Crippen LogP contribution in [0.25, 0.3) is 16.9 Å². The molecule has 0 bridgehead atoms. The molecular weight excluding hydrogens is 544 g/mol. The van der Waals surface area contributed by atoms with E-state index in [0.29, 0.717) is 48.1 Å². The number of nitrogens with zero attached hydrogens (tertiary/aromatic N) is 5. The molecule has 0 aliphatic carbocycles. The van der Waals surface area contributed by atoms with E-state index in [0.717, 1.165) is 21.5 Å². The summed E-state index contributed by atoms with van der Waals surface area (Å²) in [6.45, 7) is 4.04. The lowest BCUT2D eigenvalue weighted by Gasteiger charge is -2.32. The molecule has 12 heteroatoms. The Morgan fingerprint density at radius 3 is 2.62 bits per heavy atom. The number of aromatic nitrogens is 4. The summed E-state index contributed by atoms with van der Waals surface area (Å²) in [4.78, 5) is 4.90. The third-order valence-electron chi connectivity index (χ3n) is 5.95. The highest BCUT2D eigenvalue weighted by molar-refractivity contribution is 9.10. The van der Waals surface area contributed by atoms with Crippen LogP contribution in [0.5, 0.6) is 0 Å². The van der Waals surface area contributed by atoms with Crippen molar-refractivity contribution in [3.63, 3.8) is 0 Å². The Balaban J connectivity index is 1.39. The number of halogens is 2. The van der Waals surface area contributed by atoms with Crippen LogP contribution in [-0.2, 0) is 10.0 Å². The fraction of sp³-hybridized carbons (Fsp3) is 0.318. The van der Waals surface area contributed by atoms with Crippen molar-refractivity contribution in [1.29, 1.82) is 0 Å². The number of hydrogen-bond acceptors (Lipinski definition) is 7. The highest BCUT2D eigenvalue weighted by Crippen LogP contribution is 2.32. The zero-order chi connectivity index (χ0) is 24.0. The number of aryl methyl sites for hydroxylation is 2. The van der Waals surface area contributed by atoms with Gasteiger partial charge in [0.15, 0.2) is 11.4 Å². The molecule has 0 amide bonds. The fourth-order valence-corrected chi connectivity index (χ4v) is 6.61. The number of rotatable bonds is 5. The SMILES string of the molecule is Cc1noc(C)c1S(=O)(=O)N1CCC(Nc2cc(-c3ccccc3Cl)nc3c(Br)cnn23)CC1. The molecule has 3 aromatic heterocycles. The number of nitrogens with one attached hydrogen (secondary N) is 1. The monoisotopic (exact) mass is 564 g/mol. The maximum Gasteiger partial charge on any atom is 0.248 e. The average Bonchev–Trinajstić information content (AvgIpc) is 3.36. The molecule has 4 aromatic rings. The van der Waals surface area contributed by atoms with Crippen LogP contribution in [0, 0.1) is 13.8 Å². The Morgan fingerprint density at radius 1 is 1.21 bits per heavy atom. The van der Waals surface area contributed by atoms with Gasteiger partial charge in [0.2, 0.25) is 10.0 Å². The molecule has 0 unspecified atom stereocenters.